The fourth-order valence-corrected chi connectivity index (χ4v) is 10.9. The molecule has 0 fully saturated rings. The Morgan fingerprint density at radius 1 is 0.526 bits per heavy atom. The molecule has 0 amide bonds. The summed E-state index contributed by atoms with van der Waals surface area (Å²) in [6.07, 6.45) is 14.6. The summed E-state index contributed by atoms with van der Waals surface area (Å²) in [4.78, 5) is 0. The molecule has 0 bridgehead atoms. The van der Waals surface area contributed by atoms with Crippen LogP contribution >= 0.6 is 7.26 Å². The summed E-state index contributed by atoms with van der Waals surface area (Å²) in [6.45, 7) is 1.87. The second-order valence-corrected chi connectivity index (χ2v) is 14.9. The van der Waals surface area contributed by atoms with Gasteiger partial charge < -0.3 is 10.2 Å². The van der Waals surface area contributed by atoms with Gasteiger partial charge in [-0.3, -0.25) is 0 Å². The molecule has 2 N–H and O–H groups in total. The van der Waals surface area contributed by atoms with E-state index in [0.717, 1.165) is 24.0 Å². The number of benzene rings is 3. The van der Waals surface area contributed by atoms with Crippen LogP contribution < -0.4 is 15.9 Å². The molecule has 2 unspecified atom stereocenters. The van der Waals surface area contributed by atoms with Crippen molar-refractivity contribution in [2.24, 2.45) is 0 Å². The van der Waals surface area contributed by atoms with E-state index in [4.69, 9.17) is 0 Å². The Bertz CT molecular complexity index is 1060. The van der Waals surface area contributed by atoms with Crippen LogP contribution in [0.25, 0.3) is 0 Å². The summed E-state index contributed by atoms with van der Waals surface area (Å²) in [7, 11) is -2.09. The van der Waals surface area contributed by atoms with Gasteiger partial charge in [-0.15, -0.1) is 0 Å². The number of unbranched alkanes of at least 4 members (excludes halogenated alkanes) is 7. The fourth-order valence-electron chi connectivity index (χ4n) is 6.00. The number of hydrogen-bond donors (Lipinski definition) is 2. The Morgan fingerprint density at radius 3 is 1.42 bits per heavy atom. The van der Waals surface area contributed by atoms with Gasteiger partial charge in [-0.1, -0.05) is 6.08 Å². The fraction of sp³-hybridized carbons (Fsp3) is 0.371. The van der Waals surface area contributed by atoms with Gasteiger partial charge in [0, 0.05) is 0 Å². The predicted octanol–water partition coefficient (Wildman–Crippen LogP) is 6.83. The number of aliphatic hydroxyl groups excluding tert-OH is 2. The van der Waals surface area contributed by atoms with Gasteiger partial charge >= 0.3 is 196 Å². The van der Waals surface area contributed by atoms with Crippen molar-refractivity contribution in [3.8, 4) is 0 Å². The van der Waals surface area contributed by atoms with E-state index in [2.05, 4.69) is 91.0 Å². The average Bonchev–Trinajstić information content (AvgIpc) is 2.96. The zero-order valence-electron chi connectivity index (χ0n) is 22.9. The second-order valence-electron chi connectivity index (χ2n) is 10.9. The van der Waals surface area contributed by atoms with Gasteiger partial charge in [-0.2, -0.15) is 0 Å². The third kappa shape index (κ3) is 7.32. The van der Waals surface area contributed by atoms with Crippen LogP contribution in [0, 0.1) is 0 Å². The molecule has 38 heavy (non-hydrogen) atoms. The average molecular weight is 529 g/mol. The van der Waals surface area contributed by atoms with Crippen molar-refractivity contribution >= 4 is 23.2 Å². The molecule has 0 aliphatic heterocycles. The number of hydrogen-bond acceptors (Lipinski definition) is 2. The minimum atomic E-state index is -2.09. The molecule has 0 saturated heterocycles. The van der Waals surface area contributed by atoms with E-state index in [0.29, 0.717) is 0 Å². The van der Waals surface area contributed by atoms with Crippen LogP contribution in [0.15, 0.2) is 114 Å². The maximum atomic E-state index is 10.2. The molecule has 1 aliphatic rings. The van der Waals surface area contributed by atoms with E-state index in [1.807, 2.05) is 13.0 Å². The minimum Gasteiger partial charge on any atom is -0.385 e. The maximum absolute atomic E-state index is 10.2. The molecule has 0 saturated carbocycles. The Kier molecular flexibility index (Phi) is 10.9. The van der Waals surface area contributed by atoms with Gasteiger partial charge in [0.15, 0.2) is 0 Å². The molecule has 3 aromatic rings. The summed E-state index contributed by atoms with van der Waals surface area (Å²) in [5.41, 5.74) is 1.82. The quantitative estimate of drug-likeness (QED) is 0.137. The summed E-state index contributed by atoms with van der Waals surface area (Å²) in [5.74, 6) is 0. The van der Waals surface area contributed by atoms with Crippen molar-refractivity contribution in [2.45, 2.75) is 76.9 Å². The van der Waals surface area contributed by atoms with Gasteiger partial charge in [-0.25, -0.2) is 0 Å². The predicted molar refractivity (Wildman–Crippen MR) is 167 cm³/mol. The third-order valence-electron chi connectivity index (χ3n) is 8.21. The Morgan fingerprint density at radius 2 is 0.947 bits per heavy atom. The third-order valence-corrected chi connectivity index (χ3v) is 13.3. The molecule has 0 radical (unpaired) electrons. The van der Waals surface area contributed by atoms with Crippen molar-refractivity contribution in [2.75, 3.05) is 6.16 Å². The first-order valence-electron chi connectivity index (χ1n) is 14.5. The van der Waals surface area contributed by atoms with Crippen LogP contribution in [0.5, 0.6) is 0 Å². The van der Waals surface area contributed by atoms with E-state index in [-0.39, 0.29) is 0 Å². The Labute approximate surface area is 230 Å². The van der Waals surface area contributed by atoms with Gasteiger partial charge in [0.25, 0.3) is 0 Å². The normalized spacial score (nSPS) is 18.1. The zero-order chi connectivity index (χ0) is 26.6. The number of rotatable bonds is 14. The molecular weight excluding hydrogens is 483 g/mol. The van der Waals surface area contributed by atoms with Crippen LogP contribution in [0.1, 0.15) is 64.7 Å². The zero-order valence-corrected chi connectivity index (χ0v) is 23.9. The molecule has 2 nitrogen and oxygen atoms in total. The van der Waals surface area contributed by atoms with Crippen molar-refractivity contribution < 1.29 is 10.2 Å². The summed E-state index contributed by atoms with van der Waals surface area (Å²) < 4.78 is 0. The molecule has 3 heteroatoms. The smallest absolute Gasteiger partial charge is 0.385 e. The molecule has 0 spiro atoms. The van der Waals surface area contributed by atoms with Crippen LogP contribution in [-0.2, 0) is 0 Å². The second kappa shape index (κ2) is 14.6. The van der Waals surface area contributed by atoms with Gasteiger partial charge in [-0.05, 0) is 12.5 Å². The van der Waals surface area contributed by atoms with Crippen LogP contribution in [0.3, 0.4) is 0 Å². The topological polar surface area (TPSA) is 40.5 Å². The molecule has 3 aromatic carbocycles. The van der Waals surface area contributed by atoms with Crippen molar-refractivity contribution in [3.63, 3.8) is 0 Å². The molecular formula is C35H45O2P. The first-order chi connectivity index (χ1) is 18.6. The Balaban J connectivity index is 1.26. The standard InChI is InChI=1S/C35H45O2P/c1-29-27-35(37)30(28-34(29)36)19-11-6-4-2-3-5-7-18-26-38(31-20-12-8-13-21-31,32-22-14-9-15-23-32)33-24-16-10-17-25-33/h8-10,12-17,20-25,27-28,34-38H,2-7,11,18-19,26H2,1H3. The van der Waals surface area contributed by atoms with Crippen LogP contribution in [0.2, 0.25) is 0 Å². The van der Waals surface area contributed by atoms with Crippen molar-refractivity contribution in [3.05, 3.63) is 114 Å². The van der Waals surface area contributed by atoms with Gasteiger partial charge in [0.2, 0.25) is 0 Å². The van der Waals surface area contributed by atoms with E-state index in [9.17, 15) is 10.2 Å². The van der Waals surface area contributed by atoms with Gasteiger partial charge in [0.1, 0.15) is 0 Å². The first-order valence-corrected chi connectivity index (χ1v) is 16.7. The molecule has 0 aromatic heterocycles. The Hall–Kier alpha value is -2.51. The molecule has 2 atom stereocenters. The van der Waals surface area contributed by atoms with E-state index in [1.54, 1.807) is 6.08 Å². The van der Waals surface area contributed by atoms with Gasteiger partial charge in [0.05, 0.1) is 6.10 Å². The summed E-state index contributed by atoms with van der Waals surface area (Å²) in [6, 6.07) is 33.7. The van der Waals surface area contributed by atoms with E-state index in [1.165, 1.54) is 67.0 Å². The van der Waals surface area contributed by atoms with E-state index < -0.39 is 19.5 Å². The van der Waals surface area contributed by atoms with Crippen LogP contribution in [-0.4, -0.2) is 28.6 Å². The minimum absolute atomic E-state index is 0.517. The SMILES string of the molecule is CC1=CC(O)C(CCCCCCCCCC[PH](c2ccccc2)(c2ccccc2)c2ccccc2)=CC1O. The molecule has 0 heterocycles. The summed E-state index contributed by atoms with van der Waals surface area (Å²) in [5, 5.41) is 24.7. The number of aliphatic hydroxyl groups is 2. The van der Waals surface area contributed by atoms with Crippen molar-refractivity contribution in [1.29, 1.82) is 0 Å². The van der Waals surface area contributed by atoms with E-state index >= 15 is 0 Å². The first kappa shape index (κ1) is 28.5. The molecule has 4 rings (SSSR count). The molecule has 202 valence electrons. The molecule has 1 aliphatic carbocycles. The summed E-state index contributed by atoms with van der Waals surface area (Å²) >= 11 is 0. The van der Waals surface area contributed by atoms with Crippen molar-refractivity contribution in [1.82, 2.24) is 0 Å². The van der Waals surface area contributed by atoms with Crippen LogP contribution in [0.4, 0.5) is 0 Å². The monoisotopic (exact) mass is 528 g/mol.